The molecule has 0 heterocycles. The van der Waals surface area contributed by atoms with Crippen molar-refractivity contribution in [3.63, 3.8) is 0 Å². The molecule has 38 heavy (non-hydrogen) atoms. The van der Waals surface area contributed by atoms with Gasteiger partial charge in [-0.05, 0) is 58.7 Å². The van der Waals surface area contributed by atoms with Crippen LogP contribution in [-0.2, 0) is 0 Å². The zero-order valence-electron chi connectivity index (χ0n) is 20.0. The number of hydrazone groups is 1. The van der Waals surface area contributed by atoms with Gasteiger partial charge in [0.25, 0.3) is 11.6 Å². The molecule has 1 N–H and O–H groups in total. The molecule has 3 aromatic carbocycles. The Bertz CT molecular complexity index is 1410. The number of halogens is 2. The number of carbonyl (C=O) groups excluding carboxylic acids is 1. The first-order valence-corrected chi connectivity index (χ1v) is 12.5. The summed E-state index contributed by atoms with van der Waals surface area (Å²) in [5.41, 5.74) is 1.97. The topological polar surface area (TPSA) is 155 Å². The van der Waals surface area contributed by atoms with Crippen LogP contribution in [-0.4, -0.2) is 35.7 Å². The molecule has 0 atom stereocenters. The van der Waals surface area contributed by atoms with Gasteiger partial charge in [-0.15, -0.1) is 0 Å². The molecule has 0 aliphatic heterocycles. The molecule has 0 unspecified atom stereocenters. The van der Waals surface area contributed by atoms with Crippen molar-refractivity contribution in [2.75, 3.05) is 13.7 Å². The van der Waals surface area contributed by atoms with Crippen molar-refractivity contribution in [2.45, 2.75) is 13.3 Å². The van der Waals surface area contributed by atoms with E-state index >= 15 is 0 Å². The lowest BCUT2D eigenvalue weighted by Gasteiger charge is -2.12. The number of hydrogen-bond acceptors (Lipinski definition) is 9. The number of nitrogens with one attached hydrogen (secondary N) is 1. The summed E-state index contributed by atoms with van der Waals surface area (Å²) in [5.74, 6) is 0.285. The van der Waals surface area contributed by atoms with E-state index in [0.717, 1.165) is 24.6 Å². The van der Waals surface area contributed by atoms with Gasteiger partial charge in [0.05, 0.1) is 40.3 Å². The molecule has 0 radical (unpaired) electrons. The number of non-ortho nitro benzene ring substituents is 1. The minimum absolute atomic E-state index is 0.127. The summed E-state index contributed by atoms with van der Waals surface area (Å²) in [6, 6.07) is 11.0. The number of ether oxygens (including phenoxy) is 3. The molecule has 3 aromatic rings. The number of hydrogen-bond donors (Lipinski definition) is 1. The van der Waals surface area contributed by atoms with Gasteiger partial charge in [0.2, 0.25) is 5.75 Å². The van der Waals surface area contributed by atoms with Crippen molar-refractivity contribution in [2.24, 2.45) is 5.10 Å². The highest BCUT2D eigenvalue weighted by atomic mass is 79.9. The predicted molar refractivity (Wildman–Crippen MR) is 146 cm³/mol. The van der Waals surface area contributed by atoms with Crippen LogP contribution in [0.4, 0.5) is 11.4 Å². The molecule has 0 fully saturated rings. The van der Waals surface area contributed by atoms with Gasteiger partial charge in [-0.1, -0.05) is 22.9 Å². The quantitative estimate of drug-likeness (QED) is 0.142. The Morgan fingerprint density at radius 3 is 2.42 bits per heavy atom. The third-order valence-corrected chi connectivity index (χ3v) is 5.90. The van der Waals surface area contributed by atoms with Crippen molar-refractivity contribution in [3.8, 4) is 23.0 Å². The molecule has 0 aromatic heterocycles. The fourth-order valence-electron chi connectivity index (χ4n) is 3.11. The van der Waals surface area contributed by atoms with E-state index in [0.29, 0.717) is 32.6 Å². The first kappa shape index (κ1) is 28.5. The highest BCUT2D eigenvalue weighted by Crippen LogP contribution is 2.40. The van der Waals surface area contributed by atoms with Crippen molar-refractivity contribution < 1.29 is 28.9 Å². The lowest BCUT2D eigenvalue weighted by molar-refractivity contribution is -0.394. The number of nitro groups is 2. The van der Waals surface area contributed by atoms with Crippen LogP contribution in [0.15, 0.2) is 62.6 Å². The maximum absolute atomic E-state index is 12.6. The summed E-state index contributed by atoms with van der Waals surface area (Å²) in [6.07, 6.45) is 2.10. The standard InChI is InChI=1S/C24H20Br2N4O8/c1-3-8-37-21-6-4-14(10-22(21)36-2)24(31)28-27-13-15-9-16(25)11-18(26)23(15)38-20-7-5-17(29(32)33)12-19(20)30(34)35/h4-7,9-13H,3,8H2,1-2H3,(H,28,31)/b27-13+. The second-order valence-corrected chi connectivity index (χ2v) is 9.26. The average Bonchev–Trinajstić information content (AvgIpc) is 2.88. The number of nitro benzene ring substituents is 2. The molecule has 0 spiro atoms. The summed E-state index contributed by atoms with van der Waals surface area (Å²) < 4.78 is 17.7. The Morgan fingerprint density at radius 1 is 1.03 bits per heavy atom. The average molecular weight is 652 g/mol. The Hall–Kier alpha value is -4.04. The third kappa shape index (κ3) is 7.04. The molecule has 0 saturated carbocycles. The molecule has 0 aliphatic rings. The molecule has 0 bridgehead atoms. The smallest absolute Gasteiger partial charge is 0.318 e. The SMILES string of the molecule is CCCOc1ccc(C(=O)N/N=C/c2cc(Br)cc(Br)c2Oc2ccc([N+](=O)[O-])cc2[N+](=O)[O-])cc1OC. The maximum atomic E-state index is 12.6. The fraction of sp³-hybridized carbons (Fsp3) is 0.167. The largest absolute Gasteiger partial charge is 0.493 e. The van der Waals surface area contributed by atoms with E-state index in [1.165, 1.54) is 19.4 Å². The number of nitrogens with zero attached hydrogens (tertiary/aromatic N) is 3. The monoisotopic (exact) mass is 650 g/mol. The Labute approximate surface area is 233 Å². The zero-order chi connectivity index (χ0) is 27.8. The molecule has 12 nitrogen and oxygen atoms in total. The second kappa shape index (κ2) is 13.0. The molecule has 1 amide bonds. The third-order valence-electron chi connectivity index (χ3n) is 4.86. The van der Waals surface area contributed by atoms with Gasteiger partial charge < -0.3 is 14.2 Å². The van der Waals surface area contributed by atoms with Gasteiger partial charge in [-0.3, -0.25) is 25.0 Å². The molecular weight excluding hydrogens is 632 g/mol. The molecule has 0 saturated heterocycles. The van der Waals surface area contributed by atoms with E-state index in [-0.39, 0.29) is 17.1 Å². The van der Waals surface area contributed by atoms with E-state index in [9.17, 15) is 25.0 Å². The van der Waals surface area contributed by atoms with Crippen molar-refractivity contribution in [1.82, 2.24) is 5.43 Å². The second-order valence-electron chi connectivity index (χ2n) is 7.49. The lowest BCUT2D eigenvalue weighted by atomic mass is 10.2. The van der Waals surface area contributed by atoms with Gasteiger partial charge in [-0.2, -0.15) is 5.10 Å². The Morgan fingerprint density at radius 2 is 1.76 bits per heavy atom. The number of methoxy groups -OCH3 is 1. The van der Waals surface area contributed by atoms with Gasteiger partial charge in [0, 0.05) is 21.7 Å². The number of rotatable bonds is 11. The molecular formula is C24H20Br2N4O8. The highest BCUT2D eigenvalue weighted by Gasteiger charge is 2.23. The van der Waals surface area contributed by atoms with Crippen LogP contribution >= 0.6 is 31.9 Å². The van der Waals surface area contributed by atoms with Gasteiger partial charge >= 0.3 is 5.69 Å². The van der Waals surface area contributed by atoms with E-state index in [1.807, 2.05) is 6.92 Å². The van der Waals surface area contributed by atoms with Crippen molar-refractivity contribution in [3.05, 3.63) is 88.8 Å². The normalized spacial score (nSPS) is 10.7. The van der Waals surface area contributed by atoms with Crippen LogP contribution in [0.25, 0.3) is 0 Å². The summed E-state index contributed by atoms with van der Waals surface area (Å²) in [7, 11) is 1.47. The van der Waals surface area contributed by atoms with Crippen LogP contribution in [0, 0.1) is 20.2 Å². The highest BCUT2D eigenvalue weighted by molar-refractivity contribution is 9.11. The van der Waals surface area contributed by atoms with E-state index in [1.54, 1.807) is 24.3 Å². The predicted octanol–water partition coefficient (Wildman–Crippen LogP) is 6.38. The molecule has 3 rings (SSSR count). The van der Waals surface area contributed by atoms with Crippen LogP contribution in [0.5, 0.6) is 23.0 Å². The molecule has 0 aliphatic carbocycles. The van der Waals surface area contributed by atoms with Gasteiger partial charge in [0.15, 0.2) is 17.2 Å². The first-order chi connectivity index (χ1) is 18.1. The summed E-state index contributed by atoms with van der Waals surface area (Å²) in [4.78, 5) is 33.7. The maximum Gasteiger partial charge on any atom is 0.318 e. The van der Waals surface area contributed by atoms with Crippen LogP contribution in [0.3, 0.4) is 0 Å². The van der Waals surface area contributed by atoms with Crippen molar-refractivity contribution >= 4 is 55.4 Å². The minimum atomic E-state index is -0.782. The van der Waals surface area contributed by atoms with Crippen LogP contribution < -0.4 is 19.6 Å². The summed E-state index contributed by atoms with van der Waals surface area (Å²) in [5, 5.41) is 26.5. The minimum Gasteiger partial charge on any atom is -0.493 e. The number of carbonyl (C=O) groups is 1. The number of benzene rings is 3. The Kier molecular flexibility index (Phi) is 9.73. The fourth-order valence-corrected chi connectivity index (χ4v) is 4.45. The van der Waals surface area contributed by atoms with Crippen molar-refractivity contribution in [1.29, 1.82) is 0 Å². The van der Waals surface area contributed by atoms with Crippen LogP contribution in [0.1, 0.15) is 29.3 Å². The van der Waals surface area contributed by atoms with Gasteiger partial charge in [0.1, 0.15) is 0 Å². The zero-order valence-corrected chi connectivity index (χ0v) is 23.1. The van der Waals surface area contributed by atoms with Gasteiger partial charge in [-0.25, -0.2) is 5.43 Å². The lowest BCUT2D eigenvalue weighted by Crippen LogP contribution is -2.17. The summed E-state index contributed by atoms with van der Waals surface area (Å²) in [6.45, 7) is 2.47. The van der Waals surface area contributed by atoms with E-state index in [4.69, 9.17) is 14.2 Å². The first-order valence-electron chi connectivity index (χ1n) is 10.9. The van der Waals surface area contributed by atoms with E-state index < -0.39 is 27.1 Å². The van der Waals surface area contributed by atoms with Crippen LogP contribution in [0.2, 0.25) is 0 Å². The molecule has 198 valence electrons. The van der Waals surface area contributed by atoms with E-state index in [2.05, 4.69) is 42.4 Å². The summed E-state index contributed by atoms with van der Waals surface area (Å²) >= 11 is 6.70. The Balaban J connectivity index is 1.86. The molecule has 14 heteroatoms. The number of amides is 1.